The summed E-state index contributed by atoms with van der Waals surface area (Å²) in [5.74, 6) is -0.709. The Kier molecular flexibility index (Phi) is 15.3. The lowest BCUT2D eigenvalue weighted by Crippen LogP contribution is -2.60. The fourth-order valence-corrected chi connectivity index (χ4v) is 3.18. The van der Waals surface area contributed by atoms with Gasteiger partial charge in [0.15, 0.2) is 0 Å². The molecule has 0 aliphatic carbocycles. The zero-order valence-corrected chi connectivity index (χ0v) is 18.4. The lowest BCUT2D eigenvalue weighted by molar-refractivity contribution is -0.162. The third-order valence-corrected chi connectivity index (χ3v) is 4.96. The van der Waals surface area contributed by atoms with Crippen molar-refractivity contribution in [3.63, 3.8) is 0 Å². The Morgan fingerprint density at radius 3 is 2.14 bits per heavy atom. The molecule has 5 atom stereocenters. The topological polar surface area (TPSA) is 125 Å². The molecule has 1 aliphatic rings. The zero-order valence-electron chi connectivity index (χ0n) is 17.5. The normalized spacial score (nSPS) is 25.0. The molecule has 0 spiro atoms. The summed E-state index contributed by atoms with van der Waals surface area (Å²) in [7, 11) is 0. The zero-order chi connectivity index (χ0) is 20.9. The summed E-state index contributed by atoms with van der Waals surface area (Å²) >= 11 is 0. The highest BCUT2D eigenvalue weighted by Crippen LogP contribution is 2.17. The van der Waals surface area contributed by atoms with Crippen molar-refractivity contribution in [2.45, 2.75) is 102 Å². The second-order valence-electron chi connectivity index (χ2n) is 7.51. The van der Waals surface area contributed by atoms with E-state index in [2.05, 4.69) is 5.32 Å². The van der Waals surface area contributed by atoms with Crippen LogP contribution in [0, 0.1) is 0 Å². The molecule has 0 aromatic rings. The number of carbonyl (C=O) groups excluding carboxylic acids is 2. The van der Waals surface area contributed by atoms with Gasteiger partial charge in [-0.1, -0.05) is 39.5 Å². The van der Waals surface area contributed by atoms with Gasteiger partial charge in [-0.25, -0.2) is 0 Å². The number of nitrogens with one attached hydrogen (secondary N) is 1. The summed E-state index contributed by atoms with van der Waals surface area (Å²) < 4.78 is 10.7. The number of β-amino-alcohol motifs (C(OH)–C–C–N with tert-alkyl or cyclic N) is 1. The second-order valence-corrected chi connectivity index (χ2v) is 7.51. The van der Waals surface area contributed by atoms with Crippen molar-refractivity contribution in [1.82, 2.24) is 5.32 Å². The molecular weight excluding hydrogens is 402 g/mol. The van der Waals surface area contributed by atoms with Crippen LogP contribution >= 0.6 is 12.4 Å². The summed E-state index contributed by atoms with van der Waals surface area (Å²) in [6, 6.07) is -0.578. The van der Waals surface area contributed by atoms with E-state index in [9.17, 15) is 24.9 Å². The minimum Gasteiger partial charge on any atom is -0.462 e. The van der Waals surface area contributed by atoms with Gasteiger partial charge in [-0.3, -0.25) is 9.59 Å². The molecule has 1 rings (SSSR count). The van der Waals surface area contributed by atoms with Crippen LogP contribution in [0.15, 0.2) is 0 Å². The third-order valence-electron chi connectivity index (χ3n) is 4.96. The van der Waals surface area contributed by atoms with E-state index in [4.69, 9.17) is 9.47 Å². The molecular formula is C20H38ClNO7. The van der Waals surface area contributed by atoms with Crippen LogP contribution in [0.1, 0.15) is 71.6 Å². The number of esters is 2. The van der Waals surface area contributed by atoms with Crippen molar-refractivity contribution < 1.29 is 34.4 Å². The molecule has 0 amide bonds. The number of halogens is 1. The Morgan fingerprint density at radius 2 is 1.55 bits per heavy atom. The van der Waals surface area contributed by atoms with Gasteiger partial charge in [-0.2, -0.15) is 0 Å². The molecule has 0 aromatic carbocycles. The van der Waals surface area contributed by atoms with Gasteiger partial charge in [0.05, 0.1) is 12.2 Å². The van der Waals surface area contributed by atoms with Gasteiger partial charge in [0.25, 0.3) is 0 Å². The molecule has 1 fully saturated rings. The quantitative estimate of drug-likeness (QED) is 0.251. The Bertz CT molecular complexity index is 466. The van der Waals surface area contributed by atoms with Crippen LogP contribution in [-0.2, 0) is 19.1 Å². The summed E-state index contributed by atoms with van der Waals surface area (Å²) in [5, 5.41) is 32.6. The number of piperidine rings is 1. The molecule has 0 radical (unpaired) electrons. The predicted octanol–water partition coefficient (Wildman–Crippen LogP) is 1.47. The van der Waals surface area contributed by atoms with E-state index in [1.54, 1.807) is 0 Å². The largest absolute Gasteiger partial charge is 0.462 e. The van der Waals surface area contributed by atoms with Gasteiger partial charge in [-0.05, 0) is 12.8 Å². The Hall–Kier alpha value is -0.930. The molecule has 1 saturated heterocycles. The van der Waals surface area contributed by atoms with Crippen LogP contribution in [0.4, 0.5) is 0 Å². The number of hydrogen-bond donors (Lipinski definition) is 4. The number of rotatable bonds is 13. The molecule has 0 aromatic heterocycles. The number of ether oxygens (including phenoxy) is 2. The van der Waals surface area contributed by atoms with Gasteiger partial charge in [0.1, 0.15) is 18.8 Å². The summed E-state index contributed by atoms with van der Waals surface area (Å²) in [6.07, 6.45) is 1.88. The highest BCUT2D eigenvalue weighted by molar-refractivity contribution is 5.85. The molecule has 0 saturated carbocycles. The average Bonchev–Trinajstić information content (AvgIpc) is 2.67. The van der Waals surface area contributed by atoms with Crippen LogP contribution < -0.4 is 5.32 Å². The van der Waals surface area contributed by atoms with E-state index in [0.29, 0.717) is 6.42 Å². The monoisotopic (exact) mass is 439 g/mol. The average molecular weight is 440 g/mol. The molecule has 9 heteroatoms. The smallest absolute Gasteiger partial charge is 0.306 e. The summed E-state index contributed by atoms with van der Waals surface area (Å²) in [6.45, 7) is 4.13. The lowest BCUT2D eigenvalue weighted by Gasteiger charge is -2.37. The van der Waals surface area contributed by atoms with Crippen molar-refractivity contribution >= 4 is 24.3 Å². The Balaban J connectivity index is 0.00000784. The minimum absolute atomic E-state index is 0. The van der Waals surface area contributed by atoms with Crippen molar-refractivity contribution in [3.8, 4) is 0 Å². The Labute approximate surface area is 179 Å². The standard InChI is InChI=1S/C20H37NO7.ClH/c1-3-5-7-9-17(23)27-13-14(28-18(24)10-8-6-4-2)11-15-19(25)20(26)16(22)12-21-15;/h14-16,19-22,25-26H,3-13H2,1-2H3;1H/t14-,15-,16-,19+,20+;/m1./s1. The second kappa shape index (κ2) is 15.8. The van der Waals surface area contributed by atoms with E-state index < -0.39 is 30.5 Å². The number of aliphatic hydroxyl groups excluding tert-OH is 3. The molecule has 0 bridgehead atoms. The number of aliphatic hydroxyl groups is 3. The van der Waals surface area contributed by atoms with E-state index in [1.807, 2.05) is 13.8 Å². The first kappa shape index (κ1) is 28.1. The lowest BCUT2D eigenvalue weighted by atomic mass is 9.92. The van der Waals surface area contributed by atoms with Crippen molar-refractivity contribution in [2.75, 3.05) is 13.2 Å². The van der Waals surface area contributed by atoms with Gasteiger partial charge < -0.3 is 30.1 Å². The van der Waals surface area contributed by atoms with Crippen LogP contribution in [0.3, 0.4) is 0 Å². The summed E-state index contributed by atoms with van der Waals surface area (Å²) in [5.41, 5.74) is 0. The van der Waals surface area contributed by atoms with E-state index in [-0.39, 0.29) is 50.3 Å². The minimum atomic E-state index is -1.27. The van der Waals surface area contributed by atoms with E-state index in [1.165, 1.54) is 0 Å². The number of unbranched alkanes of at least 4 members (excludes halogenated alkanes) is 4. The van der Waals surface area contributed by atoms with E-state index in [0.717, 1.165) is 38.5 Å². The number of carbonyl (C=O) groups is 2. The van der Waals surface area contributed by atoms with Crippen LogP contribution in [-0.4, -0.2) is 70.9 Å². The van der Waals surface area contributed by atoms with Crippen molar-refractivity contribution in [2.24, 2.45) is 0 Å². The Morgan fingerprint density at radius 1 is 0.966 bits per heavy atom. The van der Waals surface area contributed by atoms with Gasteiger partial charge in [0.2, 0.25) is 0 Å². The molecule has 29 heavy (non-hydrogen) atoms. The third kappa shape index (κ3) is 11.1. The number of hydrogen-bond acceptors (Lipinski definition) is 8. The van der Waals surface area contributed by atoms with Crippen LogP contribution in [0.5, 0.6) is 0 Å². The van der Waals surface area contributed by atoms with Crippen LogP contribution in [0.25, 0.3) is 0 Å². The van der Waals surface area contributed by atoms with Crippen LogP contribution in [0.2, 0.25) is 0 Å². The highest BCUT2D eigenvalue weighted by Gasteiger charge is 2.38. The summed E-state index contributed by atoms with van der Waals surface area (Å²) in [4.78, 5) is 24.0. The maximum atomic E-state index is 12.1. The fourth-order valence-electron chi connectivity index (χ4n) is 3.18. The first-order chi connectivity index (χ1) is 13.4. The van der Waals surface area contributed by atoms with Gasteiger partial charge in [0, 0.05) is 31.8 Å². The maximum absolute atomic E-state index is 12.1. The first-order valence-corrected chi connectivity index (χ1v) is 10.5. The predicted molar refractivity (Wildman–Crippen MR) is 111 cm³/mol. The molecule has 1 heterocycles. The fraction of sp³-hybridized carbons (Fsp3) is 0.900. The molecule has 172 valence electrons. The molecule has 1 aliphatic heterocycles. The molecule has 0 unspecified atom stereocenters. The van der Waals surface area contributed by atoms with E-state index >= 15 is 0 Å². The molecule has 4 N–H and O–H groups in total. The molecule has 8 nitrogen and oxygen atoms in total. The first-order valence-electron chi connectivity index (χ1n) is 10.5. The van der Waals surface area contributed by atoms with Crippen molar-refractivity contribution in [1.29, 1.82) is 0 Å². The maximum Gasteiger partial charge on any atom is 0.306 e. The SMILES string of the molecule is CCCCCC(=O)OC[C@@H](C[C@H]1NC[C@@H](O)[C@H](O)[C@H]1O)OC(=O)CCCCC.Cl. The van der Waals surface area contributed by atoms with Gasteiger partial charge in [-0.15, -0.1) is 12.4 Å². The van der Waals surface area contributed by atoms with Gasteiger partial charge >= 0.3 is 11.9 Å². The van der Waals surface area contributed by atoms with Crippen molar-refractivity contribution in [3.05, 3.63) is 0 Å². The highest BCUT2D eigenvalue weighted by atomic mass is 35.5.